The summed E-state index contributed by atoms with van der Waals surface area (Å²) in [7, 11) is 0. The van der Waals surface area contributed by atoms with Crippen molar-refractivity contribution in [2.24, 2.45) is 5.92 Å². The first-order chi connectivity index (χ1) is 10.4. The van der Waals surface area contributed by atoms with Crippen LogP contribution in [-0.2, 0) is 4.79 Å². The fourth-order valence-electron chi connectivity index (χ4n) is 1.79. The first-order valence-electron chi connectivity index (χ1n) is 7.40. The van der Waals surface area contributed by atoms with E-state index in [0.717, 1.165) is 21.8 Å². The minimum absolute atomic E-state index is 0.0793. The number of carbonyl (C=O) groups is 2. The normalized spacial score (nSPS) is 10.6. The van der Waals surface area contributed by atoms with Gasteiger partial charge in [0.1, 0.15) is 0 Å². The average Bonchev–Trinajstić information content (AvgIpc) is 2.44. The maximum Gasteiger partial charge on any atom is 0.252 e. The second kappa shape index (κ2) is 10.0. The highest BCUT2D eigenvalue weighted by Gasteiger charge is 2.09. The van der Waals surface area contributed by atoms with Gasteiger partial charge in [-0.15, -0.1) is 0 Å². The van der Waals surface area contributed by atoms with Gasteiger partial charge in [-0.1, -0.05) is 29.8 Å². The Balaban J connectivity index is 2.21. The molecule has 1 rings (SSSR count). The molecule has 0 bridgehead atoms. The number of hydrogen-bond donors (Lipinski definition) is 2. The molecule has 0 radical (unpaired) electrons. The maximum atomic E-state index is 12.0. The van der Waals surface area contributed by atoms with Gasteiger partial charge in [0.25, 0.3) is 5.91 Å². The predicted molar refractivity (Wildman–Crippen MR) is 95.9 cm³/mol. The number of rotatable bonds is 8. The van der Waals surface area contributed by atoms with Crippen LogP contribution in [0, 0.1) is 5.92 Å². The average molecular weight is 434 g/mol. The molecule has 1 aromatic carbocycles. The van der Waals surface area contributed by atoms with Crippen molar-refractivity contribution in [1.82, 2.24) is 10.6 Å². The van der Waals surface area contributed by atoms with Gasteiger partial charge in [-0.25, -0.2) is 0 Å². The minimum Gasteiger partial charge on any atom is -0.356 e. The number of hydrogen-bond acceptors (Lipinski definition) is 2. The summed E-state index contributed by atoms with van der Waals surface area (Å²) in [5, 5.41) is 5.75. The Morgan fingerprint density at radius 2 is 1.86 bits per heavy atom. The Bertz CT molecular complexity index is 519. The van der Waals surface area contributed by atoms with Crippen molar-refractivity contribution < 1.29 is 9.59 Å². The molecule has 0 saturated carbocycles. The standard InChI is InChI=1S/C16H22Br2N2O2/c1-11(2)10-20-15(21)5-3-4-8-19-16(22)13-7-6-12(17)9-14(13)18/h6-7,9,11H,3-5,8,10H2,1-2H3,(H,19,22)(H,20,21). The van der Waals surface area contributed by atoms with Crippen LogP contribution >= 0.6 is 31.9 Å². The Kier molecular flexibility index (Phi) is 8.71. The Labute approximate surface area is 148 Å². The van der Waals surface area contributed by atoms with Crippen molar-refractivity contribution in [3.05, 3.63) is 32.7 Å². The Morgan fingerprint density at radius 3 is 2.50 bits per heavy atom. The largest absolute Gasteiger partial charge is 0.356 e. The van der Waals surface area contributed by atoms with E-state index in [1.807, 2.05) is 12.1 Å². The van der Waals surface area contributed by atoms with Crippen LogP contribution in [0.1, 0.15) is 43.5 Å². The summed E-state index contributed by atoms with van der Waals surface area (Å²) in [6, 6.07) is 5.44. The van der Waals surface area contributed by atoms with E-state index in [1.54, 1.807) is 6.07 Å². The number of nitrogens with one attached hydrogen (secondary N) is 2. The number of halogens is 2. The lowest BCUT2D eigenvalue weighted by molar-refractivity contribution is -0.121. The van der Waals surface area contributed by atoms with E-state index in [2.05, 4.69) is 56.3 Å². The van der Waals surface area contributed by atoms with Gasteiger partial charge in [0.15, 0.2) is 0 Å². The highest BCUT2D eigenvalue weighted by atomic mass is 79.9. The summed E-state index contributed by atoms with van der Waals surface area (Å²) in [5.74, 6) is 0.437. The lowest BCUT2D eigenvalue weighted by Crippen LogP contribution is -2.28. The summed E-state index contributed by atoms with van der Waals surface area (Å²) >= 11 is 6.73. The molecule has 4 nitrogen and oxygen atoms in total. The summed E-state index contributed by atoms with van der Waals surface area (Å²) in [6.07, 6.45) is 2.06. The third-order valence-corrected chi connectivity index (χ3v) is 4.15. The topological polar surface area (TPSA) is 58.2 Å². The molecule has 0 atom stereocenters. The highest BCUT2D eigenvalue weighted by Crippen LogP contribution is 2.21. The molecule has 0 fully saturated rings. The SMILES string of the molecule is CC(C)CNC(=O)CCCCNC(=O)c1ccc(Br)cc1Br. The van der Waals surface area contributed by atoms with Gasteiger partial charge in [-0.05, 0) is 52.9 Å². The summed E-state index contributed by atoms with van der Waals surface area (Å²) in [5.41, 5.74) is 0.609. The predicted octanol–water partition coefficient (Wildman–Crippen LogP) is 3.88. The molecule has 2 amide bonds. The Hall–Kier alpha value is -0.880. The van der Waals surface area contributed by atoms with Gasteiger partial charge in [0.05, 0.1) is 5.56 Å². The van der Waals surface area contributed by atoms with Crippen molar-refractivity contribution >= 4 is 43.7 Å². The fourth-order valence-corrected chi connectivity index (χ4v) is 3.01. The summed E-state index contributed by atoms with van der Waals surface area (Å²) < 4.78 is 1.68. The molecule has 6 heteroatoms. The first kappa shape index (κ1) is 19.2. The van der Waals surface area contributed by atoms with E-state index in [0.29, 0.717) is 31.0 Å². The van der Waals surface area contributed by atoms with Crippen molar-refractivity contribution in [2.75, 3.05) is 13.1 Å². The molecule has 0 aliphatic carbocycles. The van der Waals surface area contributed by atoms with Gasteiger partial charge in [-0.2, -0.15) is 0 Å². The molecular weight excluding hydrogens is 412 g/mol. The van der Waals surface area contributed by atoms with Crippen LogP contribution in [0.4, 0.5) is 0 Å². The molecule has 1 aromatic rings. The molecule has 0 spiro atoms. The van der Waals surface area contributed by atoms with Crippen molar-refractivity contribution in [2.45, 2.75) is 33.1 Å². The zero-order chi connectivity index (χ0) is 16.5. The molecule has 122 valence electrons. The van der Waals surface area contributed by atoms with E-state index in [1.165, 1.54) is 0 Å². The quantitative estimate of drug-likeness (QED) is 0.611. The molecule has 22 heavy (non-hydrogen) atoms. The van der Waals surface area contributed by atoms with Crippen LogP contribution in [-0.4, -0.2) is 24.9 Å². The molecule has 0 heterocycles. The zero-order valence-electron chi connectivity index (χ0n) is 12.9. The van der Waals surface area contributed by atoms with Gasteiger partial charge in [-0.3, -0.25) is 9.59 Å². The van der Waals surface area contributed by atoms with E-state index < -0.39 is 0 Å². The second-order valence-electron chi connectivity index (χ2n) is 5.54. The van der Waals surface area contributed by atoms with Crippen molar-refractivity contribution in [1.29, 1.82) is 0 Å². The molecule has 0 aromatic heterocycles. The van der Waals surface area contributed by atoms with Crippen molar-refractivity contribution in [3.63, 3.8) is 0 Å². The molecule has 0 saturated heterocycles. The van der Waals surface area contributed by atoms with E-state index in [4.69, 9.17) is 0 Å². The van der Waals surface area contributed by atoms with Gasteiger partial charge >= 0.3 is 0 Å². The third kappa shape index (κ3) is 7.40. The number of benzene rings is 1. The lowest BCUT2D eigenvalue weighted by atomic mass is 10.2. The Morgan fingerprint density at radius 1 is 1.14 bits per heavy atom. The van der Waals surface area contributed by atoms with Gasteiger partial charge in [0.2, 0.25) is 5.91 Å². The smallest absolute Gasteiger partial charge is 0.252 e. The number of unbranched alkanes of at least 4 members (excludes halogenated alkanes) is 1. The summed E-state index contributed by atoms with van der Waals surface area (Å²) in [4.78, 5) is 23.5. The monoisotopic (exact) mass is 432 g/mol. The van der Waals surface area contributed by atoms with E-state index in [-0.39, 0.29) is 11.8 Å². The van der Waals surface area contributed by atoms with Gasteiger partial charge in [0, 0.05) is 28.5 Å². The number of amides is 2. The van der Waals surface area contributed by atoms with Gasteiger partial charge < -0.3 is 10.6 Å². The van der Waals surface area contributed by atoms with E-state index in [9.17, 15) is 9.59 Å². The van der Waals surface area contributed by atoms with Crippen LogP contribution in [0.2, 0.25) is 0 Å². The molecule has 2 N–H and O–H groups in total. The second-order valence-corrected chi connectivity index (χ2v) is 7.31. The zero-order valence-corrected chi connectivity index (χ0v) is 16.1. The van der Waals surface area contributed by atoms with Crippen LogP contribution in [0.5, 0.6) is 0 Å². The number of carbonyl (C=O) groups excluding carboxylic acids is 2. The summed E-state index contributed by atoms with van der Waals surface area (Å²) in [6.45, 7) is 5.41. The van der Waals surface area contributed by atoms with Crippen LogP contribution in [0.15, 0.2) is 27.1 Å². The first-order valence-corrected chi connectivity index (χ1v) is 8.98. The highest BCUT2D eigenvalue weighted by molar-refractivity contribution is 9.11. The molecular formula is C16H22Br2N2O2. The molecule has 0 aliphatic heterocycles. The third-order valence-electron chi connectivity index (χ3n) is 3.00. The molecule has 0 aliphatic rings. The van der Waals surface area contributed by atoms with Crippen molar-refractivity contribution in [3.8, 4) is 0 Å². The minimum atomic E-state index is -0.108. The maximum absolute atomic E-state index is 12.0. The van der Waals surface area contributed by atoms with E-state index >= 15 is 0 Å². The van der Waals surface area contributed by atoms with Crippen LogP contribution in [0.3, 0.4) is 0 Å². The van der Waals surface area contributed by atoms with Crippen LogP contribution < -0.4 is 10.6 Å². The molecule has 0 unspecified atom stereocenters. The lowest BCUT2D eigenvalue weighted by Gasteiger charge is -2.08. The fraction of sp³-hybridized carbons (Fsp3) is 0.500. The van der Waals surface area contributed by atoms with Crippen LogP contribution in [0.25, 0.3) is 0 Å².